The molecule has 0 aliphatic carbocycles. The van der Waals surface area contributed by atoms with Crippen LogP contribution in [0.3, 0.4) is 0 Å². The lowest BCUT2D eigenvalue weighted by molar-refractivity contribution is 0.127. The fraction of sp³-hybridized carbons (Fsp3) is 1.00. The molecule has 0 saturated heterocycles. The zero-order valence-electron chi connectivity index (χ0n) is 11.9. The highest BCUT2D eigenvalue weighted by Gasteiger charge is 2.31. The lowest BCUT2D eigenvalue weighted by atomic mass is 9.67. The van der Waals surface area contributed by atoms with Gasteiger partial charge in [-0.3, -0.25) is 0 Å². The molecule has 0 N–H and O–H groups in total. The molecule has 0 spiro atoms. The zero-order chi connectivity index (χ0) is 11.9. The molecule has 0 nitrogen and oxygen atoms in total. The third kappa shape index (κ3) is 5.04. The van der Waals surface area contributed by atoms with Gasteiger partial charge in [-0.05, 0) is 30.1 Å². The standard InChI is InChI=1S/C15H32/c1-7-11-14(5,9-3)13-15(6,10-4)12-8-2/h7-13H2,1-6H3. The molecule has 0 aromatic rings. The van der Waals surface area contributed by atoms with E-state index in [1.165, 1.54) is 44.9 Å². The maximum atomic E-state index is 2.49. The van der Waals surface area contributed by atoms with Gasteiger partial charge in [-0.1, -0.05) is 67.2 Å². The number of rotatable bonds is 8. The minimum atomic E-state index is 0.578. The van der Waals surface area contributed by atoms with Gasteiger partial charge in [-0.15, -0.1) is 0 Å². The lowest BCUT2D eigenvalue weighted by Crippen LogP contribution is -2.27. The van der Waals surface area contributed by atoms with Crippen LogP contribution in [0.5, 0.6) is 0 Å². The van der Waals surface area contributed by atoms with E-state index >= 15 is 0 Å². The van der Waals surface area contributed by atoms with Gasteiger partial charge in [0.15, 0.2) is 0 Å². The van der Waals surface area contributed by atoms with E-state index in [0.717, 1.165) is 0 Å². The topological polar surface area (TPSA) is 0 Å². The van der Waals surface area contributed by atoms with E-state index < -0.39 is 0 Å². The molecule has 0 aliphatic rings. The average molecular weight is 212 g/mol. The number of hydrogen-bond acceptors (Lipinski definition) is 0. The van der Waals surface area contributed by atoms with Gasteiger partial charge >= 0.3 is 0 Å². The minimum Gasteiger partial charge on any atom is -0.0654 e. The van der Waals surface area contributed by atoms with E-state index in [1.807, 2.05) is 0 Å². The summed E-state index contributed by atoms with van der Waals surface area (Å²) in [6.45, 7) is 14.3. The predicted octanol–water partition coefficient (Wildman–Crippen LogP) is 5.81. The molecule has 0 radical (unpaired) electrons. The maximum absolute atomic E-state index is 2.49. The quantitative estimate of drug-likeness (QED) is 0.476. The monoisotopic (exact) mass is 212 g/mol. The Hall–Kier alpha value is 0. The van der Waals surface area contributed by atoms with E-state index in [-0.39, 0.29) is 0 Å². The van der Waals surface area contributed by atoms with E-state index in [9.17, 15) is 0 Å². The minimum absolute atomic E-state index is 0.578. The van der Waals surface area contributed by atoms with Crippen molar-refractivity contribution in [3.63, 3.8) is 0 Å². The lowest BCUT2D eigenvalue weighted by Gasteiger charge is -2.39. The first-order chi connectivity index (χ1) is 6.95. The second-order valence-electron chi connectivity index (χ2n) is 6.01. The highest BCUT2D eigenvalue weighted by atomic mass is 14.4. The summed E-state index contributed by atoms with van der Waals surface area (Å²) in [6.07, 6.45) is 9.52. The Kier molecular flexibility index (Phi) is 6.55. The molecule has 0 bridgehead atoms. The summed E-state index contributed by atoms with van der Waals surface area (Å²) in [5.41, 5.74) is 1.16. The molecule has 2 atom stereocenters. The molecule has 0 heterocycles. The van der Waals surface area contributed by atoms with Crippen molar-refractivity contribution in [2.75, 3.05) is 0 Å². The Morgan fingerprint density at radius 2 is 1.00 bits per heavy atom. The van der Waals surface area contributed by atoms with Gasteiger partial charge in [0.25, 0.3) is 0 Å². The summed E-state index contributed by atoms with van der Waals surface area (Å²) in [4.78, 5) is 0. The zero-order valence-corrected chi connectivity index (χ0v) is 11.9. The summed E-state index contributed by atoms with van der Waals surface area (Å²) in [6, 6.07) is 0. The molecule has 0 saturated carbocycles. The van der Waals surface area contributed by atoms with Crippen LogP contribution < -0.4 is 0 Å². The maximum Gasteiger partial charge on any atom is -0.0323 e. The molecule has 0 aliphatic heterocycles. The van der Waals surface area contributed by atoms with Crippen LogP contribution in [0.15, 0.2) is 0 Å². The molecule has 0 aromatic heterocycles. The van der Waals surface area contributed by atoms with Gasteiger partial charge in [0.1, 0.15) is 0 Å². The van der Waals surface area contributed by atoms with Crippen molar-refractivity contribution in [3.8, 4) is 0 Å². The van der Waals surface area contributed by atoms with Crippen LogP contribution in [-0.2, 0) is 0 Å². The molecule has 0 heteroatoms. The molecule has 0 fully saturated rings. The average Bonchev–Trinajstić information content (AvgIpc) is 2.18. The van der Waals surface area contributed by atoms with Gasteiger partial charge < -0.3 is 0 Å². The van der Waals surface area contributed by atoms with Crippen LogP contribution in [0.4, 0.5) is 0 Å². The SMILES string of the molecule is CCCC(C)(CC)CC(C)(CC)CCC. The second kappa shape index (κ2) is 6.55. The van der Waals surface area contributed by atoms with E-state index in [0.29, 0.717) is 10.8 Å². The first-order valence-corrected chi connectivity index (χ1v) is 6.95. The molecule has 0 rings (SSSR count). The summed E-state index contributed by atoms with van der Waals surface area (Å²) >= 11 is 0. The van der Waals surface area contributed by atoms with Crippen LogP contribution in [0.1, 0.15) is 86.5 Å². The van der Waals surface area contributed by atoms with Crippen LogP contribution in [-0.4, -0.2) is 0 Å². The fourth-order valence-corrected chi connectivity index (χ4v) is 3.02. The van der Waals surface area contributed by atoms with Crippen molar-refractivity contribution in [1.82, 2.24) is 0 Å². The van der Waals surface area contributed by atoms with Gasteiger partial charge in [-0.2, -0.15) is 0 Å². The summed E-state index contributed by atoms with van der Waals surface area (Å²) in [7, 11) is 0. The third-order valence-corrected chi connectivity index (χ3v) is 4.27. The summed E-state index contributed by atoms with van der Waals surface area (Å²) in [5.74, 6) is 0. The molecule has 0 amide bonds. The first kappa shape index (κ1) is 15.0. The fourth-order valence-electron chi connectivity index (χ4n) is 3.02. The molecule has 2 unspecified atom stereocenters. The Morgan fingerprint density at radius 3 is 1.20 bits per heavy atom. The molecule has 15 heavy (non-hydrogen) atoms. The largest absolute Gasteiger partial charge is 0.0654 e. The molecule has 0 aromatic carbocycles. The van der Waals surface area contributed by atoms with Crippen molar-refractivity contribution in [1.29, 1.82) is 0 Å². The van der Waals surface area contributed by atoms with Crippen molar-refractivity contribution in [3.05, 3.63) is 0 Å². The van der Waals surface area contributed by atoms with Crippen LogP contribution in [0.25, 0.3) is 0 Å². The van der Waals surface area contributed by atoms with Crippen molar-refractivity contribution in [2.45, 2.75) is 86.5 Å². The van der Waals surface area contributed by atoms with E-state index in [1.54, 1.807) is 0 Å². The second-order valence-corrected chi connectivity index (χ2v) is 6.01. The smallest absolute Gasteiger partial charge is 0.0323 e. The molecular formula is C15H32. The van der Waals surface area contributed by atoms with Crippen molar-refractivity contribution >= 4 is 0 Å². The highest BCUT2D eigenvalue weighted by Crippen LogP contribution is 2.44. The Balaban J connectivity index is 4.47. The molecule has 92 valence electrons. The molecular weight excluding hydrogens is 180 g/mol. The van der Waals surface area contributed by atoms with E-state index in [2.05, 4.69) is 41.5 Å². The Morgan fingerprint density at radius 1 is 0.667 bits per heavy atom. The van der Waals surface area contributed by atoms with Crippen LogP contribution in [0.2, 0.25) is 0 Å². The van der Waals surface area contributed by atoms with Gasteiger partial charge in [0.2, 0.25) is 0 Å². The predicted molar refractivity (Wildman–Crippen MR) is 71.2 cm³/mol. The Labute approximate surface area is 97.8 Å². The summed E-state index contributed by atoms with van der Waals surface area (Å²) in [5, 5.41) is 0. The normalized spacial score (nSPS) is 19.6. The first-order valence-electron chi connectivity index (χ1n) is 6.95. The van der Waals surface area contributed by atoms with Crippen molar-refractivity contribution < 1.29 is 0 Å². The third-order valence-electron chi connectivity index (χ3n) is 4.27. The highest BCUT2D eigenvalue weighted by molar-refractivity contribution is 4.83. The van der Waals surface area contributed by atoms with Gasteiger partial charge in [0, 0.05) is 0 Å². The van der Waals surface area contributed by atoms with E-state index in [4.69, 9.17) is 0 Å². The Bertz CT molecular complexity index is 143. The van der Waals surface area contributed by atoms with Crippen LogP contribution >= 0.6 is 0 Å². The summed E-state index contributed by atoms with van der Waals surface area (Å²) < 4.78 is 0. The van der Waals surface area contributed by atoms with Gasteiger partial charge in [0.05, 0.1) is 0 Å². The van der Waals surface area contributed by atoms with Crippen LogP contribution in [0, 0.1) is 10.8 Å². The van der Waals surface area contributed by atoms with Crippen molar-refractivity contribution in [2.24, 2.45) is 10.8 Å². The van der Waals surface area contributed by atoms with Gasteiger partial charge in [-0.25, -0.2) is 0 Å². The number of hydrogen-bond donors (Lipinski definition) is 0.